The normalized spacial score (nSPS) is 12.6. The number of para-hydroxylation sites is 1. The molecule has 0 fully saturated rings. The number of hydrogen-bond donors (Lipinski definition) is 2. The highest BCUT2D eigenvalue weighted by molar-refractivity contribution is 6.33. The van der Waals surface area contributed by atoms with E-state index in [9.17, 15) is 9.90 Å². The minimum atomic E-state index is -0.711. The molecule has 152 valence electrons. The number of amides is 1. The number of rotatable bonds is 8. The van der Waals surface area contributed by atoms with Crippen molar-refractivity contribution in [1.29, 1.82) is 0 Å². The van der Waals surface area contributed by atoms with Crippen LogP contribution in [0.4, 0.5) is 5.69 Å². The van der Waals surface area contributed by atoms with Crippen LogP contribution in [0.15, 0.2) is 66.7 Å². The molecule has 1 amide bonds. The SMILES string of the molecule is C[N+](C)(CC(=O)Nc1ccccc1Cl)C[C@@H](O)COc1cccc2ccccc12. The Labute approximate surface area is 176 Å². The van der Waals surface area contributed by atoms with Crippen molar-refractivity contribution in [3.05, 3.63) is 71.8 Å². The molecule has 0 spiro atoms. The molecule has 0 saturated carbocycles. The van der Waals surface area contributed by atoms with Crippen molar-refractivity contribution in [2.45, 2.75) is 6.10 Å². The van der Waals surface area contributed by atoms with Crippen LogP contribution in [0.25, 0.3) is 10.8 Å². The molecular formula is C23H26ClN2O3+. The number of ether oxygens (including phenoxy) is 1. The number of quaternary nitrogens is 1. The highest BCUT2D eigenvalue weighted by atomic mass is 35.5. The summed E-state index contributed by atoms with van der Waals surface area (Å²) in [7, 11) is 3.79. The highest BCUT2D eigenvalue weighted by Gasteiger charge is 2.25. The summed E-state index contributed by atoms with van der Waals surface area (Å²) in [6.45, 7) is 0.735. The molecule has 0 aliphatic carbocycles. The number of hydrogen-bond acceptors (Lipinski definition) is 3. The number of fused-ring (bicyclic) bond motifs is 1. The minimum absolute atomic E-state index is 0.155. The first kappa shape index (κ1) is 21.1. The first-order valence-electron chi connectivity index (χ1n) is 9.49. The van der Waals surface area contributed by atoms with Gasteiger partial charge in [-0.15, -0.1) is 0 Å². The molecule has 3 aromatic rings. The largest absolute Gasteiger partial charge is 0.490 e. The van der Waals surface area contributed by atoms with Gasteiger partial charge in [0.1, 0.15) is 25.0 Å². The van der Waals surface area contributed by atoms with E-state index in [4.69, 9.17) is 16.3 Å². The van der Waals surface area contributed by atoms with E-state index in [1.54, 1.807) is 12.1 Å². The Balaban J connectivity index is 1.54. The zero-order chi connectivity index (χ0) is 20.9. The predicted molar refractivity (Wildman–Crippen MR) is 117 cm³/mol. The number of benzene rings is 3. The van der Waals surface area contributed by atoms with Crippen LogP contribution in [-0.4, -0.2) is 55.4 Å². The predicted octanol–water partition coefficient (Wildman–Crippen LogP) is 3.95. The van der Waals surface area contributed by atoms with E-state index in [-0.39, 0.29) is 19.1 Å². The van der Waals surface area contributed by atoms with Gasteiger partial charge in [-0.1, -0.05) is 60.1 Å². The molecule has 0 radical (unpaired) electrons. The number of aliphatic hydroxyl groups is 1. The monoisotopic (exact) mass is 413 g/mol. The van der Waals surface area contributed by atoms with Crippen LogP contribution in [0, 0.1) is 0 Å². The quantitative estimate of drug-likeness (QED) is 0.550. The molecule has 0 unspecified atom stereocenters. The number of nitrogens with zero attached hydrogens (tertiary/aromatic N) is 1. The maximum absolute atomic E-state index is 12.4. The number of likely N-dealkylation sites (N-methyl/N-ethyl adjacent to an activating group) is 1. The van der Waals surface area contributed by atoms with Gasteiger partial charge in [0.05, 0.1) is 24.8 Å². The number of carbonyl (C=O) groups excluding carboxylic acids is 1. The van der Waals surface area contributed by atoms with Crippen molar-refractivity contribution in [3.63, 3.8) is 0 Å². The van der Waals surface area contributed by atoms with Crippen molar-refractivity contribution in [1.82, 2.24) is 0 Å². The van der Waals surface area contributed by atoms with Crippen LogP contribution in [0.5, 0.6) is 5.75 Å². The van der Waals surface area contributed by atoms with Crippen LogP contribution in [-0.2, 0) is 4.79 Å². The van der Waals surface area contributed by atoms with Crippen LogP contribution in [0.1, 0.15) is 0 Å². The fourth-order valence-corrected chi connectivity index (χ4v) is 3.52. The Kier molecular flexibility index (Phi) is 6.75. The van der Waals surface area contributed by atoms with Gasteiger partial charge in [-0.2, -0.15) is 0 Å². The number of anilines is 1. The Morgan fingerprint density at radius 2 is 1.76 bits per heavy atom. The molecule has 0 aromatic heterocycles. The Morgan fingerprint density at radius 3 is 2.55 bits per heavy atom. The molecule has 1 atom stereocenters. The number of aliphatic hydroxyl groups excluding tert-OH is 1. The standard InChI is InChI=1S/C23H25ClN2O3/c1-26(2,15-23(28)25-21-12-6-5-11-20(21)24)14-18(27)16-29-22-13-7-9-17-8-3-4-10-19(17)22/h3-13,18,27H,14-16H2,1-2H3/p+1/t18-/m1/s1. The van der Waals surface area contributed by atoms with Crippen molar-refractivity contribution >= 4 is 34.0 Å². The lowest BCUT2D eigenvalue weighted by atomic mass is 10.1. The summed E-state index contributed by atoms with van der Waals surface area (Å²) in [6, 6.07) is 20.9. The molecule has 0 bridgehead atoms. The van der Waals surface area contributed by atoms with Gasteiger partial charge >= 0.3 is 0 Å². The number of nitrogens with one attached hydrogen (secondary N) is 1. The third kappa shape index (κ3) is 5.94. The molecular weight excluding hydrogens is 388 g/mol. The van der Waals surface area contributed by atoms with Gasteiger partial charge < -0.3 is 19.6 Å². The fourth-order valence-electron chi connectivity index (χ4n) is 3.34. The molecule has 5 nitrogen and oxygen atoms in total. The topological polar surface area (TPSA) is 58.6 Å². The molecule has 0 heterocycles. The molecule has 2 N–H and O–H groups in total. The van der Waals surface area contributed by atoms with Gasteiger partial charge in [0.25, 0.3) is 5.91 Å². The lowest BCUT2D eigenvalue weighted by molar-refractivity contribution is -0.885. The van der Waals surface area contributed by atoms with Crippen LogP contribution < -0.4 is 10.1 Å². The molecule has 3 aromatic carbocycles. The average molecular weight is 414 g/mol. The molecule has 0 saturated heterocycles. The van der Waals surface area contributed by atoms with Crippen molar-refractivity contribution in [3.8, 4) is 5.75 Å². The molecule has 0 aliphatic rings. The Hall–Kier alpha value is -2.60. The third-order valence-electron chi connectivity index (χ3n) is 4.61. The lowest BCUT2D eigenvalue weighted by Crippen LogP contribution is -2.50. The summed E-state index contributed by atoms with van der Waals surface area (Å²) in [5.74, 6) is 0.578. The zero-order valence-corrected chi connectivity index (χ0v) is 17.4. The van der Waals surface area contributed by atoms with Gasteiger partial charge in [-0.3, -0.25) is 4.79 Å². The minimum Gasteiger partial charge on any atom is -0.490 e. The van der Waals surface area contributed by atoms with E-state index in [1.165, 1.54) is 0 Å². The number of carbonyl (C=O) groups is 1. The highest BCUT2D eigenvalue weighted by Crippen LogP contribution is 2.25. The fraction of sp³-hybridized carbons (Fsp3) is 0.261. The second-order valence-corrected chi connectivity index (χ2v) is 8.15. The molecule has 3 rings (SSSR count). The summed E-state index contributed by atoms with van der Waals surface area (Å²) in [4.78, 5) is 12.4. The van der Waals surface area contributed by atoms with E-state index in [0.29, 0.717) is 21.7 Å². The van der Waals surface area contributed by atoms with E-state index < -0.39 is 6.10 Å². The van der Waals surface area contributed by atoms with Gasteiger partial charge in [-0.05, 0) is 23.6 Å². The van der Waals surface area contributed by atoms with Crippen molar-refractivity contribution < 1.29 is 19.1 Å². The third-order valence-corrected chi connectivity index (χ3v) is 4.94. The van der Waals surface area contributed by atoms with Gasteiger partial charge in [0.2, 0.25) is 0 Å². The zero-order valence-electron chi connectivity index (χ0n) is 16.6. The summed E-state index contributed by atoms with van der Waals surface area (Å²) < 4.78 is 6.18. The van der Waals surface area contributed by atoms with Crippen LogP contribution in [0.3, 0.4) is 0 Å². The van der Waals surface area contributed by atoms with E-state index in [1.807, 2.05) is 68.7 Å². The maximum Gasteiger partial charge on any atom is 0.279 e. The Bertz CT molecular complexity index is 985. The van der Waals surface area contributed by atoms with Gasteiger partial charge in [0.15, 0.2) is 6.54 Å². The summed E-state index contributed by atoms with van der Waals surface area (Å²) >= 11 is 6.09. The second-order valence-electron chi connectivity index (χ2n) is 7.75. The van der Waals surface area contributed by atoms with E-state index >= 15 is 0 Å². The van der Waals surface area contributed by atoms with E-state index in [0.717, 1.165) is 16.5 Å². The molecule has 29 heavy (non-hydrogen) atoms. The second kappa shape index (κ2) is 9.27. The number of halogens is 1. The van der Waals surface area contributed by atoms with E-state index in [2.05, 4.69) is 5.32 Å². The lowest BCUT2D eigenvalue weighted by Gasteiger charge is -2.31. The Morgan fingerprint density at radius 1 is 1.07 bits per heavy atom. The summed E-state index contributed by atoms with van der Waals surface area (Å²) in [5, 5.41) is 15.9. The van der Waals surface area contributed by atoms with Crippen LogP contribution >= 0.6 is 11.6 Å². The van der Waals surface area contributed by atoms with Gasteiger partial charge in [-0.25, -0.2) is 0 Å². The van der Waals surface area contributed by atoms with Crippen molar-refractivity contribution in [2.24, 2.45) is 0 Å². The first-order chi connectivity index (χ1) is 13.8. The molecule has 0 aliphatic heterocycles. The maximum atomic E-state index is 12.4. The summed E-state index contributed by atoms with van der Waals surface area (Å²) in [5.41, 5.74) is 0.582. The smallest absolute Gasteiger partial charge is 0.279 e. The van der Waals surface area contributed by atoms with Crippen molar-refractivity contribution in [2.75, 3.05) is 39.1 Å². The average Bonchev–Trinajstić information content (AvgIpc) is 2.67. The first-order valence-corrected chi connectivity index (χ1v) is 9.87. The van der Waals surface area contributed by atoms with Crippen LogP contribution in [0.2, 0.25) is 5.02 Å². The van der Waals surface area contributed by atoms with Gasteiger partial charge in [0, 0.05) is 5.39 Å². The molecule has 6 heteroatoms. The summed E-state index contributed by atoms with van der Waals surface area (Å²) in [6.07, 6.45) is -0.711.